The summed E-state index contributed by atoms with van der Waals surface area (Å²) in [6.07, 6.45) is 3.28. The van der Waals surface area contributed by atoms with Gasteiger partial charge in [0.1, 0.15) is 23.6 Å². The van der Waals surface area contributed by atoms with E-state index in [4.69, 9.17) is 9.47 Å². The molecule has 2 heterocycles. The minimum Gasteiger partial charge on any atom is -0.497 e. The van der Waals surface area contributed by atoms with Gasteiger partial charge in [0.15, 0.2) is 5.65 Å². The van der Waals surface area contributed by atoms with Crippen LogP contribution in [0.4, 0.5) is 11.5 Å². The summed E-state index contributed by atoms with van der Waals surface area (Å²) in [5.74, 6) is 2.03. The predicted octanol–water partition coefficient (Wildman–Crippen LogP) is 3.88. The lowest BCUT2D eigenvalue weighted by Crippen LogP contribution is -2.00. The summed E-state index contributed by atoms with van der Waals surface area (Å²) >= 11 is 0. The van der Waals surface area contributed by atoms with Crippen molar-refractivity contribution in [1.29, 1.82) is 0 Å². The van der Waals surface area contributed by atoms with E-state index < -0.39 is 0 Å². The molecule has 2 aromatic carbocycles. The first-order valence-electron chi connectivity index (χ1n) is 8.44. The van der Waals surface area contributed by atoms with Crippen LogP contribution < -0.4 is 14.8 Å². The van der Waals surface area contributed by atoms with E-state index in [1.54, 1.807) is 25.1 Å². The molecule has 27 heavy (non-hydrogen) atoms. The standard InChI is InChI=1S/C20H19N5O2/c1-13-4-6-14(7-5-13)25-20-16(11-23-25)19(21-12-22-20)24-17-9-8-15(26-2)10-18(17)27-3/h4-12H,1-3H3,(H,21,22,24). The maximum Gasteiger partial charge on any atom is 0.168 e. The summed E-state index contributed by atoms with van der Waals surface area (Å²) < 4.78 is 12.5. The summed E-state index contributed by atoms with van der Waals surface area (Å²) in [6.45, 7) is 2.05. The molecule has 0 aliphatic carbocycles. The van der Waals surface area contributed by atoms with Crippen LogP contribution in [0, 0.1) is 6.92 Å². The number of hydrogen-bond donors (Lipinski definition) is 1. The fourth-order valence-corrected chi connectivity index (χ4v) is 2.85. The first-order chi connectivity index (χ1) is 13.2. The second-order valence-electron chi connectivity index (χ2n) is 6.04. The number of nitrogens with one attached hydrogen (secondary N) is 1. The smallest absolute Gasteiger partial charge is 0.168 e. The number of benzene rings is 2. The molecule has 0 unspecified atom stereocenters. The minimum absolute atomic E-state index is 0.654. The molecule has 0 aliphatic heterocycles. The van der Waals surface area contributed by atoms with Crippen LogP contribution in [0.2, 0.25) is 0 Å². The number of anilines is 2. The fourth-order valence-electron chi connectivity index (χ4n) is 2.85. The monoisotopic (exact) mass is 361 g/mol. The average Bonchev–Trinajstić information content (AvgIpc) is 3.14. The maximum atomic E-state index is 5.45. The van der Waals surface area contributed by atoms with Crippen molar-refractivity contribution in [1.82, 2.24) is 19.7 Å². The highest BCUT2D eigenvalue weighted by molar-refractivity contribution is 5.89. The molecule has 0 atom stereocenters. The molecule has 0 aliphatic rings. The molecule has 0 spiro atoms. The second-order valence-corrected chi connectivity index (χ2v) is 6.04. The molecule has 4 rings (SSSR count). The van der Waals surface area contributed by atoms with Crippen LogP contribution in [0.15, 0.2) is 55.0 Å². The van der Waals surface area contributed by atoms with Crippen molar-refractivity contribution < 1.29 is 9.47 Å². The Balaban J connectivity index is 1.75. The fraction of sp³-hybridized carbons (Fsp3) is 0.150. The Hall–Kier alpha value is -3.61. The van der Waals surface area contributed by atoms with E-state index in [1.165, 1.54) is 11.9 Å². The molecule has 0 radical (unpaired) electrons. The van der Waals surface area contributed by atoms with Crippen molar-refractivity contribution in [2.45, 2.75) is 6.92 Å². The Morgan fingerprint density at radius 1 is 0.963 bits per heavy atom. The number of aromatic nitrogens is 4. The van der Waals surface area contributed by atoms with E-state index in [0.717, 1.165) is 28.2 Å². The molecule has 0 amide bonds. The molecular weight excluding hydrogens is 342 g/mol. The van der Waals surface area contributed by atoms with Crippen LogP contribution >= 0.6 is 0 Å². The normalized spacial score (nSPS) is 10.8. The summed E-state index contributed by atoms with van der Waals surface area (Å²) in [6, 6.07) is 13.7. The molecule has 0 bridgehead atoms. The predicted molar refractivity (Wildman–Crippen MR) is 104 cm³/mol. The largest absolute Gasteiger partial charge is 0.497 e. The molecule has 4 aromatic rings. The highest BCUT2D eigenvalue weighted by Crippen LogP contribution is 2.33. The van der Waals surface area contributed by atoms with Crippen molar-refractivity contribution in [3.05, 3.63) is 60.6 Å². The van der Waals surface area contributed by atoms with Gasteiger partial charge in [-0.1, -0.05) is 17.7 Å². The van der Waals surface area contributed by atoms with Crippen LogP contribution in [0.1, 0.15) is 5.56 Å². The van der Waals surface area contributed by atoms with Crippen LogP contribution in [-0.2, 0) is 0 Å². The summed E-state index contributed by atoms with van der Waals surface area (Å²) in [5.41, 5.74) is 3.64. The molecule has 1 N–H and O–H groups in total. The summed E-state index contributed by atoms with van der Waals surface area (Å²) in [7, 11) is 3.24. The van der Waals surface area contributed by atoms with Crippen LogP contribution in [0.25, 0.3) is 16.7 Å². The van der Waals surface area contributed by atoms with Gasteiger partial charge in [-0.25, -0.2) is 14.6 Å². The van der Waals surface area contributed by atoms with Gasteiger partial charge in [-0.15, -0.1) is 0 Å². The highest BCUT2D eigenvalue weighted by Gasteiger charge is 2.13. The van der Waals surface area contributed by atoms with Gasteiger partial charge in [-0.2, -0.15) is 5.10 Å². The van der Waals surface area contributed by atoms with Gasteiger partial charge in [-0.3, -0.25) is 0 Å². The van der Waals surface area contributed by atoms with Crippen LogP contribution in [0.5, 0.6) is 11.5 Å². The number of nitrogens with zero attached hydrogens (tertiary/aromatic N) is 4. The van der Waals surface area contributed by atoms with Crippen molar-refractivity contribution in [3.63, 3.8) is 0 Å². The third-order valence-electron chi connectivity index (χ3n) is 4.31. The maximum absolute atomic E-state index is 5.45. The van der Waals surface area contributed by atoms with Crippen molar-refractivity contribution >= 4 is 22.5 Å². The third kappa shape index (κ3) is 3.15. The first kappa shape index (κ1) is 16.8. The number of rotatable bonds is 5. The Labute approximate surface area is 156 Å². The van der Waals surface area contributed by atoms with E-state index in [-0.39, 0.29) is 0 Å². The molecule has 136 valence electrons. The lowest BCUT2D eigenvalue weighted by molar-refractivity contribution is 0.395. The minimum atomic E-state index is 0.654. The van der Waals surface area contributed by atoms with Gasteiger partial charge in [0.05, 0.1) is 37.2 Å². The molecule has 2 aromatic heterocycles. The number of ether oxygens (including phenoxy) is 2. The quantitative estimate of drug-likeness (QED) is 0.581. The van der Waals surface area contributed by atoms with E-state index in [9.17, 15) is 0 Å². The lowest BCUT2D eigenvalue weighted by atomic mass is 10.2. The average molecular weight is 361 g/mol. The zero-order chi connectivity index (χ0) is 18.8. The molecule has 0 saturated carbocycles. The van der Waals surface area contributed by atoms with Gasteiger partial charge in [0.2, 0.25) is 0 Å². The van der Waals surface area contributed by atoms with Crippen molar-refractivity contribution in [2.24, 2.45) is 0 Å². The summed E-state index contributed by atoms with van der Waals surface area (Å²) in [4.78, 5) is 8.79. The van der Waals surface area contributed by atoms with Gasteiger partial charge in [0, 0.05) is 6.07 Å². The zero-order valence-electron chi connectivity index (χ0n) is 15.3. The van der Waals surface area contributed by atoms with Gasteiger partial charge >= 0.3 is 0 Å². The topological polar surface area (TPSA) is 74.1 Å². The number of fused-ring (bicyclic) bond motifs is 1. The van der Waals surface area contributed by atoms with Gasteiger partial charge in [-0.05, 0) is 31.2 Å². The number of hydrogen-bond acceptors (Lipinski definition) is 6. The first-order valence-corrected chi connectivity index (χ1v) is 8.44. The lowest BCUT2D eigenvalue weighted by Gasteiger charge is -2.12. The van der Waals surface area contributed by atoms with Crippen molar-refractivity contribution in [2.75, 3.05) is 19.5 Å². The Morgan fingerprint density at radius 2 is 1.78 bits per heavy atom. The van der Waals surface area contributed by atoms with E-state index in [2.05, 4.69) is 27.3 Å². The highest BCUT2D eigenvalue weighted by atomic mass is 16.5. The third-order valence-corrected chi connectivity index (χ3v) is 4.31. The molecule has 7 heteroatoms. The SMILES string of the molecule is COc1ccc(Nc2ncnc3c2cnn3-c2ccc(C)cc2)c(OC)c1. The Bertz CT molecular complexity index is 1090. The van der Waals surface area contributed by atoms with E-state index in [0.29, 0.717) is 11.6 Å². The zero-order valence-corrected chi connectivity index (χ0v) is 15.3. The summed E-state index contributed by atoms with van der Waals surface area (Å²) in [5, 5.41) is 8.61. The van der Waals surface area contributed by atoms with Crippen LogP contribution in [0.3, 0.4) is 0 Å². The van der Waals surface area contributed by atoms with E-state index in [1.807, 2.05) is 42.5 Å². The van der Waals surface area contributed by atoms with Crippen molar-refractivity contribution in [3.8, 4) is 17.2 Å². The number of aryl methyl sites for hydroxylation is 1. The van der Waals surface area contributed by atoms with E-state index >= 15 is 0 Å². The van der Waals surface area contributed by atoms with Gasteiger partial charge < -0.3 is 14.8 Å². The molecule has 7 nitrogen and oxygen atoms in total. The number of methoxy groups -OCH3 is 2. The Morgan fingerprint density at radius 3 is 2.52 bits per heavy atom. The molecular formula is C20H19N5O2. The second kappa shape index (κ2) is 6.95. The Kier molecular flexibility index (Phi) is 4.33. The molecule has 0 saturated heterocycles. The van der Waals surface area contributed by atoms with Crippen LogP contribution in [-0.4, -0.2) is 34.0 Å². The van der Waals surface area contributed by atoms with Gasteiger partial charge in [0.25, 0.3) is 0 Å². The molecule has 0 fully saturated rings.